The second-order valence-corrected chi connectivity index (χ2v) is 9.68. The van der Waals surface area contributed by atoms with Crippen LogP contribution in [0.2, 0.25) is 0 Å². The first-order valence-electron chi connectivity index (χ1n) is 12.1. The van der Waals surface area contributed by atoms with Crippen LogP contribution < -0.4 is 20.1 Å². The first-order valence-corrected chi connectivity index (χ1v) is 13.1. The average molecular weight is 508 g/mol. The van der Waals surface area contributed by atoms with Crippen molar-refractivity contribution in [1.29, 1.82) is 0 Å². The number of methoxy groups -OCH3 is 1. The molecule has 190 valence electrons. The molecule has 3 aromatic rings. The largest absolute Gasteiger partial charge is 0.493 e. The number of hydrogen-bond donors (Lipinski definition) is 2. The Balaban J connectivity index is 1.80. The maximum absolute atomic E-state index is 13.8. The van der Waals surface area contributed by atoms with E-state index in [-0.39, 0.29) is 5.91 Å². The molecular formula is C27H33N5O3S. The molecular weight excluding hydrogens is 474 g/mol. The van der Waals surface area contributed by atoms with Gasteiger partial charge in [-0.3, -0.25) is 4.79 Å². The normalized spacial score (nSPS) is 14.8. The number of ether oxygens (including phenoxy) is 2. The zero-order chi connectivity index (χ0) is 25.8. The van der Waals surface area contributed by atoms with Crippen LogP contribution in [0.4, 0.5) is 11.6 Å². The molecule has 1 aromatic heterocycles. The number of thioether (sulfide) groups is 1. The molecule has 4 rings (SSSR count). The van der Waals surface area contributed by atoms with Gasteiger partial charge in [0.15, 0.2) is 11.5 Å². The third-order valence-electron chi connectivity index (χ3n) is 6.17. The average Bonchev–Trinajstić information content (AvgIpc) is 3.27. The number of benzene rings is 2. The van der Waals surface area contributed by atoms with Crippen molar-refractivity contribution in [3.63, 3.8) is 0 Å². The van der Waals surface area contributed by atoms with Crippen molar-refractivity contribution in [3.8, 4) is 11.5 Å². The summed E-state index contributed by atoms with van der Waals surface area (Å²) in [5, 5.41) is 11.9. The third kappa shape index (κ3) is 5.06. The number of aryl methyl sites for hydroxylation is 1. The van der Waals surface area contributed by atoms with Gasteiger partial charge in [0.1, 0.15) is 6.04 Å². The number of carbonyl (C=O) groups excluding carboxylic acids is 1. The first kappa shape index (κ1) is 25.6. The molecule has 0 saturated carbocycles. The Morgan fingerprint density at radius 3 is 2.69 bits per heavy atom. The van der Waals surface area contributed by atoms with Crippen molar-refractivity contribution >= 4 is 29.3 Å². The monoisotopic (exact) mass is 507 g/mol. The highest BCUT2D eigenvalue weighted by Gasteiger charge is 2.35. The fraction of sp³-hybridized carbons (Fsp3) is 0.370. The Bertz CT molecular complexity index is 1300. The lowest BCUT2D eigenvalue weighted by molar-refractivity contribution is -0.113. The zero-order valence-electron chi connectivity index (χ0n) is 21.6. The summed E-state index contributed by atoms with van der Waals surface area (Å²) in [6.07, 6.45) is 1.02. The van der Waals surface area contributed by atoms with Gasteiger partial charge < -0.3 is 20.1 Å². The highest BCUT2D eigenvalue weighted by atomic mass is 32.2. The molecule has 0 saturated heterocycles. The summed E-state index contributed by atoms with van der Waals surface area (Å²) in [7, 11) is 1.61. The molecule has 0 bridgehead atoms. The van der Waals surface area contributed by atoms with Crippen LogP contribution in [0, 0.1) is 13.8 Å². The lowest BCUT2D eigenvalue weighted by Crippen LogP contribution is -2.31. The molecule has 1 atom stereocenters. The number of hydrogen-bond acceptors (Lipinski definition) is 7. The van der Waals surface area contributed by atoms with Crippen LogP contribution in [-0.4, -0.2) is 40.1 Å². The van der Waals surface area contributed by atoms with Gasteiger partial charge in [0.2, 0.25) is 11.1 Å². The van der Waals surface area contributed by atoms with E-state index in [1.54, 1.807) is 23.6 Å². The minimum Gasteiger partial charge on any atom is -0.493 e. The molecule has 9 heteroatoms. The van der Waals surface area contributed by atoms with Crippen molar-refractivity contribution in [3.05, 3.63) is 64.4 Å². The standard InChI is InChI=1S/C27H33N5O3S/c1-7-14-36-27-30-26-28-18(5)23(25(33)29-20-11-9-10-16(3)17(20)4)24(32(26)31-27)19-12-13-21(35-8-2)22(15-19)34-6/h9-13,15,24H,7-8,14H2,1-6H3,(H,29,33)(H,28,30,31). The Kier molecular flexibility index (Phi) is 7.88. The summed E-state index contributed by atoms with van der Waals surface area (Å²) in [5.74, 6) is 2.57. The van der Waals surface area contributed by atoms with Crippen molar-refractivity contribution in [2.75, 3.05) is 30.1 Å². The number of aromatic nitrogens is 3. The second kappa shape index (κ2) is 11.1. The van der Waals surface area contributed by atoms with E-state index in [1.165, 1.54) is 0 Å². The van der Waals surface area contributed by atoms with Crippen LogP contribution in [0.15, 0.2) is 52.8 Å². The molecule has 0 spiro atoms. The molecule has 2 heterocycles. The summed E-state index contributed by atoms with van der Waals surface area (Å²) in [6.45, 7) is 10.5. The van der Waals surface area contributed by atoms with Gasteiger partial charge in [0, 0.05) is 17.1 Å². The van der Waals surface area contributed by atoms with E-state index in [1.807, 2.05) is 64.1 Å². The molecule has 0 aliphatic carbocycles. The molecule has 1 aliphatic rings. The first-order chi connectivity index (χ1) is 17.4. The Labute approximate surface area is 216 Å². The van der Waals surface area contributed by atoms with Gasteiger partial charge in [0.25, 0.3) is 5.91 Å². The number of anilines is 2. The molecule has 0 radical (unpaired) electrons. The van der Waals surface area contributed by atoms with Crippen molar-refractivity contribution in [2.24, 2.45) is 0 Å². The van der Waals surface area contributed by atoms with Crippen LogP contribution in [0.1, 0.15) is 49.9 Å². The SMILES string of the molecule is CCCSc1nc2n(n1)C(c1ccc(OCC)c(OC)c1)C(C(=O)Nc1cccc(C)c1C)=C(C)N2. The molecule has 1 unspecified atom stereocenters. The summed E-state index contributed by atoms with van der Waals surface area (Å²) in [5.41, 5.74) is 5.07. The van der Waals surface area contributed by atoms with Crippen LogP contribution >= 0.6 is 11.8 Å². The van der Waals surface area contributed by atoms with Crippen LogP contribution in [-0.2, 0) is 4.79 Å². The number of nitrogens with one attached hydrogen (secondary N) is 2. The molecule has 8 nitrogen and oxygen atoms in total. The topological polar surface area (TPSA) is 90.3 Å². The third-order valence-corrected chi connectivity index (χ3v) is 7.21. The minimum atomic E-state index is -0.501. The van der Waals surface area contributed by atoms with E-state index >= 15 is 0 Å². The lowest BCUT2D eigenvalue weighted by atomic mass is 9.94. The quantitative estimate of drug-likeness (QED) is 0.357. The van der Waals surface area contributed by atoms with Gasteiger partial charge in [-0.1, -0.05) is 36.9 Å². The van der Waals surface area contributed by atoms with E-state index in [2.05, 4.69) is 22.5 Å². The van der Waals surface area contributed by atoms with Gasteiger partial charge in [-0.25, -0.2) is 4.68 Å². The fourth-order valence-electron chi connectivity index (χ4n) is 4.19. The van der Waals surface area contributed by atoms with Gasteiger partial charge in [-0.15, -0.1) is 5.10 Å². The number of fused-ring (bicyclic) bond motifs is 1. The Morgan fingerprint density at radius 2 is 1.97 bits per heavy atom. The molecule has 2 N–H and O–H groups in total. The molecule has 2 aromatic carbocycles. The van der Waals surface area contributed by atoms with E-state index in [0.29, 0.717) is 34.8 Å². The number of nitrogens with zero attached hydrogens (tertiary/aromatic N) is 3. The number of carbonyl (C=O) groups is 1. The summed E-state index contributed by atoms with van der Waals surface area (Å²) in [6, 6.07) is 11.1. The highest BCUT2D eigenvalue weighted by Crippen LogP contribution is 2.40. The smallest absolute Gasteiger partial charge is 0.255 e. The fourth-order valence-corrected chi connectivity index (χ4v) is 4.88. The van der Waals surface area contributed by atoms with E-state index < -0.39 is 6.04 Å². The minimum absolute atomic E-state index is 0.199. The lowest BCUT2D eigenvalue weighted by Gasteiger charge is -2.29. The second-order valence-electron chi connectivity index (χ2n) is 8.62. The molecule has 0 fully saturated rings. The molecule has 1 aliphatic heterocycles. The van der Waals surface area contributed by atoms with E-state index in [9.17, 15) is 4.79 Å². The van der Waals surface area contributed by atoms with Crippen molar-refractivity contribution < 1.29 is 14.3 Å². The molecule has 36 heavy (non-hydrogen) atoms. The van der Waals surface area contributed by atoms with E-state index in [0.717, 1.165) is 40.2 Å². The van der Waals surface area contributed by atoms with Crippen LogP contribution in [0.3, 0.4) is 0 Å². The van der Waals surface area contributed by atoms with E-state index in [4.69, 9.17) is 14.6 Å². The number of amides is 1. The number of rotatable bonds is 9. The van der Waals surface area contributed by atoms with Crippen molar-refractivity contribution in [1.82, 2.24) is 14.8 Å². The highest BCUT2D eigenvalue weighted by molar-refractivity contribution is 7.99. The predicted octanol–water partition coefficient (Wildman–Crippen LogP) is 5.73. The summed E-state index contributed by atoms with van der Waals surface area (Å²) >= 11 is 1.60. The number of allylic oxidation sites excluding steroid dienone is 1. The Morgan fingerprint density at radius 1 is 1.17 bits per heavy atom. The molecule has 1 amide bonds. The Hall–Kier alpha value is -3.46. The van der Waals surface area contributed by atoms with Crippen molar-refractivity contribution in [2.45, 2.75) is 52.2 Å². The summed E-state index contributed by atoms with van der Waals surface area (Å²) in [4.78, 5) is 18.5. The maximum Gasteiger partial charge on any atom is 0.255 e. The van der Waals surface area contributed by atoms with Gasteiger partial charge in [-0.05, 0) is 69.0 Å². The maximum atomic E-state index is 13.8. The van der Waals surface area contributed by atoms with Crippen LogP contribution in [0.25, 0.3) is 0 Å². The van der Waals surface area contributed by atoms with Gasteiger partial charge >= 0.3 is 0 Å². The van der Waals surface area contributed by atoms with Gasteiger partial charge in [0.05, 0.1) is 19.3 Å². The van der Waals surface area contributed by atoms with Gasteiger partial charge in [-0.2, -0.15) is 4.98 Å². The summed E-state index contributed by atoms with van der Waals surface area (Å²) < 4.78 is 13.1. The predicted molar refractivity (Wildman–Crippen MR) is 144 cm³/mol. The zero-order valence-corrected chi connectivity index (χ0v) is 22.5. The van der Waals surface area contributed by atoms with Crippen LogP contribution in [0.5, 0.6) is 11.5 Å².